The highest BCUT2D eigenvalue weighted by Crippen LogP contribution is 2.30. The van der Waals surface area contributed by atoms with Crippen molar-refractivity contribution in [2.45, 2.75) is 59.3 Å². The van der Waals surface area contributed by atoms with E-state index in [1.54, 1.807) is 0 Å². The standard InChI is InChI=1S/C18H31NO/c1-4-11-18(3,12-5-2)15-20-17-10-6-8-16(14-17)9-7-13-19/h6,8,10,14H,4-5,7,9,11-13,15,19H2,1-3H3. The highest BCUT2D eigenvalue weighted by molar-refractivity contribution is 5.28. The largest absolute Gasteiger partial charge is 0.493 e. The summed E-state index contributed by atoms with van der Waals surface area (Å²) < 4.78 is 6.07. The Balaban J connectivity index is 2.58. The van der Waals surface area contributed by atoms with Gasteiger partial charge < -0.3 is 10.5 Å². The van der Waals surface area contributed by atoms with E-state index < -0.39 is 0 Å². The fourth-order valence-electron chi connectivity index (χ4n) is 2.83. The van der Waals surface area contributed by atoms with E-state index in [1.807, 2.05) is 0 Å². The second-order valence-electron chi connectivity index (χ2n) is 6.14. The molecule has 0 saturated carbocycles. The van der Waals surface area contributed by atoms with Gasteiger partial charge in [0, 0.05) is 5.41 Å². The predicted octanol–water partition coefficient (Wildman–Crippen LogP) is 4.56. The number of benzene rings is 1. The van der Waals surface area contributed by atoms with Crippen molar-refractivity contribution in [3.05, 3.63) is 29.8 Å². The van der Waals surface area contributed by atoms with Gasteiger partial charge in [-0.25, -0.2) is 0 Å². The summed E-state index contributed by atoms with van der Waals surface area (Å²) in [4.78, 5) is 0. The van der Waals surface area contributed by atoms with Crippen molar-refractivity contribution in [2.75, 3.05) is 13.2 Å². The molecule has 1 rings (SSSR count). The SMILES string of the molecule is CCCC(C)(CCC)COc1cccc(CCCN)c1. The van der Waals surface area contributed by atoms with Gasteiger partial charge in [0.15, 0.2) is 0 Å². The van der Waals surface area contributed by atoms with Crippen LogP contribution in [0.5, 0.6) is 5.75 Å². The maximum absolute atomic E-state index is 6.07. The van der Waals surface area contributed by atoms with E-state index in [-0.39, 0.29) is 0 Å². The summed E-state index contributed by atoms with van der Waals surface area (Å²) in [7, 11) is 0. The second kappa shape index (κ2) is 9.02. The van der Waals surface area contributed by atoms with Gasteiger partial charge in [-0.05, 0) is 49.9 Å². The Morgan fingerprint density at radius 2 is 1.85 bits per heavy atom. The first-order valence-electron chi connectivity index (χ1n) is 8.05. The summed E-state index contributed by atoms with van der Waals surface area (Å²) >= 11 is 0. The number of rotatable bonds is 10. The van der Waals surface area contributed by atoms with E-state index in [0.29, 0.717) is 5.41 Å². The fraction of sp³-hybridized carbons (Fsp3) is 0.667. The molecular formula is C18H31NO. The molecule has 0 unspecified atom stereocenters. The van der Waals surface area contributed by atoms with Crippen LogP contribution < -0.4 is 10.5 Å². The lowest BCUT2D eigenvalue weighted by molar-refractivity contribution is 0.138. The van der Waals surface area contributed by atoms with Gasteiger partial charge in [0.1, 0.15) is 5.75 Å². The first-order chi connectivity index (χ1) is 9.63. The molecule has 0 aliphatic heterocycles. The third kappa shape index (κ3) is 5.96. The van der Waals surface area contributed by atoms with Crippen LogP contribution in [0.15, 0.2) is 24.3 Å². The van der Waals surface area contributed by atoms with Crippen molar-refractivity contribution in [2.24, 2.45) is 11.1 Å². The lowest BCUT2D eigenvalue weighted by Gasteiger charge is -2.29. The van der Waals surface area contributed by atoms with Crippen LogP contribution in [0.1, 0.15) is 58.4 Å². The molecule has 1 aromatic rings. The number of hydrogen-bond donors (Lipinski definition) is 1. The Kier molecular flexibility index (Phi) is 7.68. The number of aryl methyl sites for hydroxylation is 1. The average molecular weight is 277 g/mol. The van der Waals surface area contributed by atoms with E-state index in [4.69, 9.17) is 10.5 Å². The van der Waals surface area contributed by atoms with E-state index in [2.05, 4.69) is 45.0 Å². The van der Waals surface area contributed by atoms with Crippen LogP contribution in [-0.2, 0) is 6.42 Å². The van der Waals surface area contributed by atoms with Gasteiger partial charge in [-0.1, -0.05) is 45.7 Å². The zero-order valence-electron chi connectivity index (χ0n) is 13.5. The Hall–Kier alpha value is -1.02. The molecule has 114 valence electrons. The molecule has 0 amide bonds. The summed E-state index contributed by atoms with van der Waals surface area (Å²) in [6.45, 7) is 8.41. The number of hydrogen-bond acceptors (Lipinski definition) is 2. The molecular weight excluding hydrogens is 246 g/mol. The molecule has 0 saturated heterocycles. The summed E-state index contributed by atoms with van der Waals surface area (Å²) in [5.41, 5.74) is 7.19. The predicted molar refractivity (Wildman–Crippen MR) is 87.2 cm³/mol. The van der Waals surface area contributed by atoms with Gasteiger partial charge in [0.05, 0.1) is 6.61 Å². The smallest absolute Gasteiger partial charge is 0.119 e. The number of ether oxygens (including phenoxy) is 1. The monoisotopic (exact) mass is 277 g/mol. The van der Waals surface area contributed by atoms with Gasteiger partial charge in [-0.2, -0.15) is 0 Å². The van der Waals surface area contributed by atoms with Crippen LogP contribution in [0.4, 0.5) is 0 Å². The molecule has 2 N–H and O–H groups in total. The molecule has 20 heavy (non-hydrogen) atoms. The van der Waals surface area contributed by atoms with E-state index in [0.717, 1.165) is 31.7 Å². The average Bonchev–Trinajstić information content (AvgIpc) is 2.44. The lowest BCUT2D eigenvalue weighted by atomic mass is 9.82. The van der Waals surface area contributed by atoms with Crippen LogP contribution in [0, 0.1) is 5.41 Å². The normalized spacial score (nSPS) is 11.6. The Morgan fingerprint density at radius 1 is 1.15 bits per heavy atom. The molecule has 0 aromatic heterocycles. The van der Waals surface area contributed by atoms with Crippen LogP contribution in [0.3, 0.4) is 0 Å². The number of nitrogens with two attached hydrogens (primary N) is 1. The molecule has 0 atom stereocenters. The molecule has 0 aliphatic rings. The zero-order valence-corrected chi connectivity index (χ0v) is 13.5. The summed E-state index contributed by atoms with van der Waals surface area (Å²) in [6.07, 6.45) is 6.97. The van der Waals surface area contributed by atoms with Gasteiger partial charge >= 0.3 is 0 Å². The highest BCUT2D eigenvalue weighted by Gasteiger charge is 2.23. The lowest BCUT2D eigenvalue weighted by Crippen LogP contribution is -2.25. The molecule has 2 nitrogen and oxygen atoms in total. The maximum Gasteiger partial charge on any atom is 0.119 e. The van der Waals surface area contributed by atoms with Crippen LogP contribution in [0.25, 0.3) is 0 Å². The van der Waals surface area contributed by atoms with Gasteiger partial charge in [-0.3, -0.25) is 0 Å². The van der Waals surface area contributed by atoms with E-state index in [1.165, 1.54) is 31.2 Å². The van der Waals surface area contributed by atoms with E-state index >= 15 is 0 Å². The topological polar surface area (TPSA) is 35.2 Å². The summed E-state index contributed by atoms with van der Waals surface area (Å²) in [5.74, 6) is 0.998. The van der Waals surface area contributed by atoms with Crippen LogP contribution >= 0.6 is 0 Å². The van der Waals surface area contributed by atoms with Crippen molar-refractivity contribution in [1.29, 1.82) is 0 Å². The minimum absolute atomic E-state index is 0.302. The van der Waals surface area contributed by atoms with Crippen LogP contribution in [-0.4, -0.2) is 13.2 Å². The van der Waals surface area contributed by atoms with Gasteiger partial charge in [0.2, 0.25) is 0 Å². The minimum atomic E-state index is 0.302. The summed E-state index contributed by atoms with van der Waals surface area (Å²) in [5, 5.41) is 0. The van der Waals surface area contributed by atoms with Gasteiger partial charge in [-0.15, -0.1) is 0 Å². The molecule has 0 aliphatic carbocycles. The van der Waals surface area contributed by atoms with Crippen molar-refractivity contribution in [3.8, 4) is 5.75 Å². The first-order valence-corrected chi connectivity index (χ1v) is 8.05. The maximum atomic E-state index is 6.07. The highest BCUT2D eigenvalue weighted by atomic mass is 16.5. The Morgan fingerprint density at radius 3 is 2.45 bits per heavy atom. The molecule has 2 heteroatoms. The second-order valence-corrected chi connectivity index (χ2v) is 6.14. The quantitative estimate of drug-likeness (QED) is 0.680. The Labute approximate surface area is 124 Å². The van der Waals surface area contributed by atoms with Crippen molar-refractivity contribution in [3.63, 3.8) is 0 Å². The van der Waals surface area contributed by atoms with E-state index in [9.17, 15) is 0 Å². The molecule has 0 bridgehead atoms. The fourth-order valence-corrected chi connectivity index (χ4v) is 2.83. The molecule has 0 heterocycles. The molecule has 0 spiro atoms. The molecule has 0 fully saturated rings. The molecule has 0 radical (unpaired) electrons. The van der Waals surface area contributed by atoms with Gasteiger partial charge in [0.25, 0.3) is 0 Å². The third-order valence-electron chi connectivity index (χ3n) is 3.86. The van der Waals surface area contributed by atoms with Crippen LogP contribution in [0.2, 0.25) is 0 Å². The van der Waals surface area contributed by atoms with Crippen molar-refractivity contribution >= 4 is 0 Å². The zero-order chi connectivity index (χ0) is 14.8. The summed E-state index contributed by atoms with van der Waals surface area (Å²) in [6, 6.07) is 8.45. The minimum Gasteiger partial charge on any atom is -0.493 e. The Bertz CT molecular complexity index is 369. The molecule has 1 aromatic carbocycles. The van der Waals surface area contributed by atoms with Crippen molar-refractivity contribution in [1.82, 2.24) is 0 Å². The third-order valence-corrected chi connectivity index (χ3v) is 3.86. The first kappa shape index (κ1) is 17.0. The van der Waals surface area contributed by atoms with Crippen molar-refractivity contribution < 1.29 is 4.74 Å².